The van der Waals surface area contributed by atoms with Crippen LogP contribution in [0.4, 0.5) is 5.69 Å². The highest BCUT2D eigenvalue weighted by molar-refractivity contribution is 7.99. The van der Waals surface area contributed by atoms with Crippen LogP contribution in [0.15, 0.2) is 76.5 Å². The second-order valence-electron chi connectivity index (χ2n) is 6.68. The molecule has 0 bridgehead atoms. The first-order valence-electron chi connectivity index (χ1n) is 9.53. The minimum Gasteiger partial charge on any atom is -0.493 e. The van der Waals surface area contributed by atoms with Crippen LogP contribution >= 0.6 is 11.8 Å². The molecule has 0 amide bonds. The van der Waals surface area contributed by atoms with Gasteiger partial charge in [0.1, 0.15) is 0 Å². The number of ether oxygens (including phenoxy) is 2. The third-order valence-electron chi connectivity index (χ3n) is 4.81. The van der Waals surface area contributed by atoms with Crippen LogP contribution in [-0.2, 0) is 0 Å². The fourth-order valence-corrected chi connectivity index (χ4v) is 4.37. The molecule has 0 unspecified atom stereocenters. The monoisotopic (exact) mass is 432 g/mol. The smallest absolute Gasteiger partial charge is 0.280 e. The molecular formula is C24H20N2O4S. The molecule has 0 radical (unpaired) electrons. The molecule has 0 aliphatic carbocycles. The summed E-state index contributed by atoms with van der Waals surface area (Å²) in [4.78, 5) is 16.8. The lowest BCUT2D eigenvalue weighted by atomic mass is 10.1. The largest absolute Gasteiger partial charge is 0.493 e. The Morgan fingerprint density at radius 1 is 0.935 bits per heavy atom. The van der Waals surface area contributed by atoms with Gasteiger partial charge in [-0.25, -0.2) is 0 Å². The Bertz CT molecular complexity index is 1270. The van der Waals surface area contributed by atoms with E-state index in [0.717, 1.165) is 26.4 Å². The molecule has 0 spiro atoms. The third kappa shape index (κ3) is 4.27. The standard InChI is InChI=1S/C24H20N2O4S/c1-29-22-14-16(21(26(27)28)15-23(22)30-2)12-13-20-24(31-17-8-4-3-5-9-17)18-10-6-7-11-19(18)25-20/h3-15,25H,1-2H3/b13-12+. The van der Waals surface area contributed by atoms with E-state index in [1.165, 1.54) is 20.3 Å². The molecule has 4 rings (SSSR count). The van der Waals surface area contributed by atoms with Crippen molar-refractivity contribution in [2.24, 2.45) is 0 Å². The van der Waals surface area contributed by atoms with E-state index >= 15 is 0 Å². The highest BCUT2D eigenvalue weighted by atomic mass is 32.2. The van der Waals surface area contributed by atoms with E-state index in [9.17, 15) is 10.1 Å². The van der Waals surface area contributed by atoms with Gasteiger partial charge in [-0.15, -0.1) is 0 Å². The molecule has 0 fully saturated rings. The zero-order chi connectivity index (χ0) is 21.8. The summed E-state index contributed by atoms with van der Waals surface area (Å²) in [5, 5.41) is 12.7. The van der Waals surface area contributed by atoms with E-state index in [1.807, 2.05) is 42.5 Å². The highest BCUT2D eigenvalue weighted by Crippen LogP contribution is 2.39. The van der Waals surface area contributed by atoms with Crippen LogP contribution in [0.1, 0.15) is 11.3 Å². The fourth-order valence-electron chi connectivity index (χ4n) is 3.32. The number of nitrogens with one attached hydrogen (secondary N) is 1. The van der Waals surface area contributed by atoms with Crippen LogP contribution in [-0.4, -0.2) is 24.1 Å². The number of methoxy groups -OCH3 is 2. The Morgan fingerprint density at radius 3 is 2.32 bits per heavy atom. The quantitative estimate of drug-likeness (QED) is 0.269. The first kappa shape index (κ1) is 20.6. The molecule has 1 N–H and O–H groups in total. The van der Waals surface area contributed by atoms with Crippen molar-refractivity contribution in [1.82, 2.24) is 4.98 Å². The molecule has 0 saturated heterocycles. The van der Waals surface area contributed by atoms with E-state index in [4.69, 9.17) is 9.47 Å². The lowest BCUT2D eigenvalue weighted by molar-refractivity contribution is -0.385. The summed E-state index contributed by atoms with van der Waals surface area (Å²) < 4.78 is 10.5. The number of nitrogens with zero attached hydrogens (tertiary/aromatic N) is 1. The average molecular weight is 433 g/mol. The maximum Gasteiger partial charge on any atom is 0.280 e. The van der Waals surface area contributed by atoms with Gasteiger partial charge in [-0.05, 0) is 36.4 Å². The van der Waals surface area contributed by atoms with Crippen molar-refractivity contribution in [2.75, 3.05) is 14.2 Å². The number of benzene rings is 3. The Labute approximate surface area is 183 Å². The Morgan fingerprint density at radius 2 is 1.61 bits per heavy atom. The van der Waals surface area contributed by atoms with Gasteiger partial charge in [0, 0.05) is 20.7 Å². The molecule has 3 aromatic carbocycles. The number of aromatic amines is 1. The van der Waals surface area contributed by atoms with Gasteiger partial charge in [0.25, 0.3) is 5.69 Å². The van der Waals surface area contributed by atoms with E-state index in [1.54, 1.807) is 23.9 Å². The second kappa shape index (κ2) is 8.97. The van der Waals surface area contributed by atoms with Gasteiger partial charge in [0.05, 0.1) is 36.5 Å². The number of para-hydroxylation sites is 1. The number of hydrogen-bond acceptors (Lipinski definition) is 5. The van der Waals surface area contributed by atoms with Gasteiger partial charge in [0.15, 0.2) is 11.5 Å². The Hall–Kier alpha value is -3.71. The number of rotatable bonds is 7. The summed E-state index contributed by atoms with van der Waals surface area (Å²) in [5.74, 6) is 0.751. The second-order valence-corrected chi connectivity index (χ2v) is 7.77. The third-order valence-corrected chi connectivity index (χ3v) is 5.96. The molecule has 0 atom stereocenters. The molecular weight excluding hydrogens is 412 g/mol. The van der Waals surface area contributed by atoms with Crippen LogP contribution in [0.5, 0.6) is 11.5 Å². The maximum absolute atomic E-state index is 11.6. The van der Waals surface area contributed by atoms with E-state index in [2.05, 4.69) is 23.2 Å². The number of nitro benzene ring substituents is 1. The van der Waals surface area contributed by atoms with Gasteiger partial charge in [0.2, 0.25) is 0 Å². The average Bonchev–Trinajstić information content (AvgIpc) is 3.14. The Kier molecular flexibility index (Phi) is 5.95. The van der Waals surface area contributed by atoms with Crippen molar-refractivity contribution < 1.29 is 14.4 Å². The number of nitro groups is 1. The maximum atomic E-state index is 11.6. The summed E-state index contributed by atoms with van der Waals surface area (Å²) in [6, 6.07) is 21.1. The van der Waals surface area contributed by atoms with E-state index < -0.39 is 4.92 Å². The lowest BCUT2D eigenvalue weighted by Gasteiger charge is -2.08. The lowest BCUT2D eigenvalue weighted by Crippen LogP contribution is -1.96. The molecule has 156 valence electrons. The topological polar surface area (TPSA) is 77.4 Å². The van der Waals surface area contributed by atoms with E-state index in [-0.39, 0.29) is 5.69 Å². The van der Waals surface area contributed by atoms with Crippen LogP contribution in [0.2, 0.25) is 0 Å². The van der Waals surface area contributed by atoms with Gasteiger partial charge in [-0.3, -0.25) is 10.1 Å². The van der Waals surface area contributed by atoms with Crippen molar-refractivity contribution in [3.63, 3.8) is 0 Å². The normalized spacial score (nSPS) is 11.2. The molecule has 0 aliphatic rings. The van der Waals surface area contributed by atoms with Crippen molar-refractivity contribution in [3.8, 4) is 11.5 Å². The summed E-state index contributed by atoms with van der Waals surface area (Å²) in [7, 11) is 2.96. The number of hydrogen-bond donors (Lipinski definition) is 1. The number of H-pyrrole nitrogens is 1. The molecule has 7 heteroatoms. The molecule has 6 nitrogen and oxygen atoms in total. The van der Waals surface area contributed by atoms with E-state index in [0.29, 0.717) is 17.1 Å². The first-order chi connectivity index (χ1) is 15.1. The van der Waals surface area contributed by atoms with Crippen molar-refractivity contribution in [3.05, 3.63) is 88.1 Å². The van der Waals surface area contributed by atoms with Gasteiger partial charge in [-0.1, -0.05) is 48.2 Å². The Balaban J connectivity index is 1.80. The summed E-state index contributed by atoms with van der Waals surface area (Å²) in [6.07, 6.45) is 3.58. The molecule has 0 aliphatic heterocycles. The predicted octanol–water partition coefficient (Wildman–Crippen LogP) is 6.41. The van der Waals surface area contributed by atoms with Crippen LogP contribution in [0.3, 0.4) is 0 Å². The van der Waals surface area contributed by atoms with Crippen molar-refractivity contribution in [1.29, 1.82) is 0 Å². The summed E-state index contributed by atoms with van der Waals surface area (Å²) >= 11 is 1.65. The highest BCUT2D eigenvalue weighted by Gasteiger charge is 2.18. The van der Waals surface area contributed by atoms with Crippen molar-refractivity contribution in [2.45, 2.75) is 9.79 Å². The van der Waals surface area contributed by atoms with Gasteiger partial charge in [-0.2, -0.15) is 0 Å². The van der Waals surface area contributed by atoms with Crippen LogP contribution in [0, 0.1) is 10.1 Å². The molecule has 0 saturated carbocycles. The predicted molar refractivity (Wildman–Crippen MR) is 124 cm³/mol. The zero-order valence-electron chi connectivity index (χ0n) is 17.0. The molecule has 31 heavy (non-hydrogen) atoms. The molecule has 1 aromatic heterocycles. The molecule has 1 heterocycles. The molecule has 4 aromatic rings. The number of aromatic nitrogens is 1. The zero-order valence-corrected chi connectivity index (χ0v) is 17.8. The van der Waals surface area contributed by atoms with Crippen molar-refractivity contribution >= 4 is 40.5 Å². The fraction of sp³-hybridized carbons (Fsp3) is 0.0833. The summed E-state index contributed by atoms with van der Waals surface area (Å²) in [5.41, 5.74) is 2.25. The van der Waals surface area contributed by atoms with Crippen LogP contribution < -0.4 is 9.47 Å². The number of fused-ring (bicyclic) bond motifs is 1. The first-order valence-corrected chi connectivity index (χ1v) is 10.3. The minimum absolute atomic E-state index is 0.0535. The van der Waals surface area contributed by atoms with Gasteiger partial charge >= 0.3 is 0 Å². The SMILES string of the molecule is COc1cc(/C=C/c2[nH]c3ccccc3c2Sc2ccccc2)c([N+](=O)[O-])cc1OC. The van der Waals surface area contributed by atoms with Crippen LogP contribution in [0.25, 0.3) is 23.1 Å². The summed E-state index contributed by atoms with van der Waals surface area (Å²) in [6.45, 7) is 0. The minimum atomic E-state index is -0.424. The van der Waals surface area contributed by atoms with Gasteiger partial charge < -0.3 is 14.5 Å².